The minimum Gasteiger partial charge on any atom is -0.313 e. The maximum atomic E-state index is 13.3. The van der Waals surface area contributed by atoms with Gasteiger partial charge in [-0.1, -0.05) is 51.1 Å². The predicted molar refractivity (Wildman–Crippen MR) is 108 cm³/mol. The molecular weight excluding hydrogens is 380 g/mol. The second-order valence-electron chi connectivity index (χ2n) is 7.44. The van der Waals surface area contributed by atoms with Crippen LogP contribution in [0.25, 0.3) is 12.2 Å². The summed E-state index contributed by atoms with van der Waals surface area (Å²) in [4.78, 5) is 27.2. The largest absolute Gasteiger partial charge is 0.313 e. The third-order valence-corrected chi connectivity index (χ3v) is 5.18. The lowest BCUT2D eigenvalue weighted by Crippen LogP contribution is -2.20. The molecule has 28 heavy (non-hydrogen) atoms. The summed E-state index contributed by atoms with van der Waals surface area (Å²) < 4.78 is 27.0. The van der Waals surface area contributed by atoms with E-state index >= 15 is 0 Å². The second kappa shape index (κ2) is 7.64. The second-order valence-corrected chi connectivity index (χ2v) is 8.52. The fourth-order valence-electron chi connectivity index (χ4n) is 2.61. The van der Waals surface area contributed by atoms with E-state index in [9.17, 15) is 18.4 Å². The van der Waals surface area contributed by atoms with Gasteiger partial charge in [-0.3, -0.25) is 9.59 Å². The third-order valence-electron chi connectivity index (χ3n) is 4.22. The van der Waals surface area contributed by atoms with Crippen LogP contribution in [0.15, 0.2) is 47.3 Å². The van der Waals surface area contributed by atoms with Crippen molar-refractivity contribution in [1.29, 1.82) is 0 Å². The van der Waals surface area contributed by atoms with E-state index in [1.54, 1.807) is 12.1 Å². The number of halogens is 2. The van der Waals surface area contributed by atoms with Crippen LogP contribution in [0.5, 0.6) is 0 Å². The van der Waals surface area contributed by atoms with Gasteiger partial charge in [-0.25, -0.2) is 8.78 Å². The molecule has 0 atom stereocenters. The number of nitrogens with one attached hydrogen (secondary N) is 1. The molecule has 0 saturated carbocycles. The number of hydrogen-bond donors (Lipinski definition) is 1. The zero-order valence-corrected chi connectivity index (χ0v) is 16.5. The highest BCUT2D eigenvalue weighted by Gasteiger charge is 2.13. The maximum absolute atomic E-state index is 13.3. The van der Waals surface area contributed by atoms with Crippen LogP contribution in [0.2, 0.25) is 0 Å². The molecule has 0 aliphatic rings. The lowest BCUT2D eigenvalue weighted by molar-refractivity contribution is 0.106. The molecule has 0 unspecified atom stereocenters. The van der Waals surface area contributed by atoms with E-state index in [1.807, 2.05) is 12.1 Å². The summed E-state index contributed by atoms with van der Waals surface area (Å²) >= 11 is 1.08. The van der Waals surface area contributed by atoms with E-state index in [4.69, 9.17) is 0 Å². The average Bonchev–Trinajstić information content (AvgIpc) is 2.96. The van der Waals surface area contributed by atoms with Crippen LogP contribution in [0, 0.1) is 11.6 Å². The molecule has 3 rings (SSSR count). The molecule has 0 aliphatic heterocycles. The van der Waals surface area contributed by atoms with E-state index < -0.39 is 17.2 Å². The van der Waals surface area contributed by atoms with Gasteiger partial charge < -0.3 is 4.98 Å². The number of Topliss-reactive ketones (excluding diaryl/α,β-unsaturated/α-hetero) is 1. The first-order chi connectivity index (χ1) is 13.1. The molecule has 2 aromatic carbocycles. The number of carbonyl (C=O) groups is 1. The summed E-state index contributed by atoms with van der Waals surface area (Å²) in [5.74, 6) is -2.16. The van der Waals surface area contributed by atoms with Gasteiger partial charge in [-0.15, -0.1) is 11.3 Å². The summed E-state index contributed by atoms with van der Waals surface area (Å²) in [5.41, 5.74) is 1.61. The van der Waals surface area contributed by atoms with Crippen LogP contribution in [-0.4, -0.2) is 10.8 Å². The number of H-pyrrole nitrogens is 1. The molecule has 0 bridgehead atoms. The Labute approximate surface area is 164 Å². The summed E-state index contributed by atoms with van der Waals surface area (Å²) in [6.07, 6.45) is 2.81. The first-order valence-electron chi connectivity index (χ1n) is 8.66. The van der Waals surface area contributed by atoms with Gasteiger partial charge in [-0.2, -0.15) is 0 Å². The molecule has 1 N–H and O–H groups in total. The van der Waals surface area contributed by atoms with Crippen molar-refractivity contribution in [2.45, 2.75) is 26.2 Å². The highest BCUT2D eigenvalue weighted by molar-refractivity contribution is 7.07. The van der Waals surface area contributed by atoms with Gasteiger partial charge in [0.2, 0.25) is 0 Å². The zero-order valence-electron chi connectivity index (χ0n) is 15.7. The summed E-state index contributed by atoms with van der Waals surface area (Å²) in [7, 11) is 0. The Morgan fingerprint density at radius 3 is 2.32 bits per heavy atom. The van der Waals surface area contributed by atoms with Crippen LogP contribution < -0.4 is 14.8 Å². The zero-order chi connectivity index (χ0) is 20.5. The minimum absolute atomic E-state index is 0.00511. The minimum atomic E-state index is -0.984. The van der Waals surface area contributed by atoms with Crippen molar-refractivity contribution in [3.05, 3.63) is 90.3 Å². The number of aromatic nitrogens is 1. The number of hydrogen-bond acceptors (Lipinski definition) is 3. The number of ketones is 1. The molecule has 0 radical (unpaired) electrons. The first kappa shape index (κ1) is 19.9. The molecular formula is C22H19F2NO2S. The van der Waals surface area contributed by atoms with Gasteiger partial charge in [0, 0.05) is 11.6 Å². The molecule has 1 heterocycles. The van der Waals surface area contributed by atoms with Crippen LogP contribution in [0.4, 0.5) is 8.78 Å². The Morgan fingerprint density at radius 2 is 1.71 bits per heavy atom. The SMILES string of the molecule is CC(C)(C)c1ccc(C(=O)/C=c2\[nH]c(=O)/c(=C\c3ccc(F)c(F)c3)s2)cc1. The van der Waals surface area contributed by atoms with Crippen LogP contribution in [0.1, 0.15) is 42.3 Å². The van der Waals surface area contributed by atoms with Crippen molar-refractivity contribution in [2.24, 2.45) is 0 Å². The van der Waals surface area contributed by atoms with Crippen LogP contribution in [0.3, 0.4) is 0 Å². The first-order valence-corrected chi connectivity index (χ1v) is 9.48. The molecule has 3 aromatic rings. The highest BCUT2D eigenvalue weighted by atomic mass is 32.1. The fraction of sp³-hybridized carbons (Fsp3) is 0.182. The van der Waals surface area contributed by atoms with Gasteiger partial charge >= 0.3 is 0 Å². The lowest BCUT2D eigenvalue weighted by atomic mass is 9.86. The number of aromatic amines is 1. The molecule has 0 saturated heterocycles. The van der Waals surface area contributed by atoms with Crippen molar-refractivity contribution >= 4 is 29.3 Å². The average molecular weight is 399 g/mol. The molecule has 6 heteroatoms. The summed E-state index contributed by atoms with van der Waals surface area (Å²) in [6.45, 7) is 6.28. The fourth-order valence-corrected chi connectivity index (χ4v) is 3.50. The Balaban J connectivity index is 1.92. The number of benzene rings is 2. The van der Waals surface area contributed by atoms with Gasteiger partial charge in [0.15, 0.2) is 17.4 Å². The standard InChI is InChI=1S/C22H19F2NO2S/c1-22(2,3)15-7-5-14(6-8-15)18(26)12-20-25-21(27)19(28-20)11-13-4-9-16(23)17(24)10-13/h4-12H,1-3H3,(H,25,27)/b19-11+,20-12+. The van der Waals surface area contributed by atoms with Gasteiger partial charge in [0.05, 0.1) is 9.20 Å². The molecule has 0 spiro atoms. The Hall–Kier alpha value is -2.86. The van der Waals surface area contributed by atoms with E-state index in [0.29, 0.717) is 20.3 Å². The van der Waals surface area contributed by atoms with Crippen LogP contribution >= 0.6 is 11.3 Å². The topological polar surface area (TPSA) is 49.9 Å². The maximum Gasteiger partial charge on any atom is 0.266 e. The smallest absolute Gasteiger partial charge is 0.266 e. The van der Waals surface area contributed by atoms with E-state index in [1.165, 1.54) is 18.2 Å². The van der Waals surface area contributed by atoms with Crippen molar-refractivity contribution in [1.82, 2.24) is 4.98 Å². The summed E-state index contributed by atoms with van der Waals surface area (Å²) in [5, 5.41) is 0. The van der Waals surface area contributed by atoms with Gasteiger partial charge in [0.25, 0.3) is 5.56 Å². The van der Waals surface area contributed by atoms with E-state index in [2.05, 4.69) is 25.8 Å². The molecule has 0 amide bonds. The van der Waals surface area contributed by atoms with Gasteiger partial charge in [-0.05, 0) is 34.8 Å². The monoisotopic (exact) mass is 399 g/mol. The number of rotatable bonds is 3. The Kier molecular flexibility index (Phi) is 5.42. The predicted octanol–water partition coefficient (Wildman–Crippen LogP) is 3.50. The van der Waals surface area contributed by atoms with Crippen LogP contribution in [-0.2, 0) is 5.41 Å². The van der Waals surface area contributed by atoms with Crippen molar-refractivity contribution in [3.63, 3.8) is 0 Å². The molecule has 3 nitrogen and oxygen atoms in total. The number of carbonyl (C=O) groups excluding carboxylic acids is 1. The van der Waals surface area contributed by atoms with Crippen molar-refractivity contribution < 1.29 is 13.6 Å². The normalized spacial score (nSPS) is 13.2. The lowest BCUT2D eigenvalue weighted by Gasteiger charge is -2.18. The highest BCUT2D eigenvalue weighted by Crippen LogP contribution is 2.22. The number of thiazole rings is 1. The third kappa shape index (κ3) is 4.51. The molecule has 0 fully saturated rings. The van der Waals surface area contributed by atoms with E-state index in [0.717, 1.165) is 29.0 Å². The van der Waals surface area contributed by atoms with Crippen molar-refractivity contribution in [2.75, 3.05) is 0 Å². The quantitative estimate of drug-likeness (QED) is 0.686. The Morgan fingerprint density at radius 1 is 1.04 bits per heavy atom. The Bertz CT molecular complexity index is 1200. The van der Waals surface area contributed by atoms with E-state index in [-0.39, 0.29) is 11.2 Å². The van der Waals surface area contributed by atoms with Gasteiger partial charge in [0.1, 0.15) is 0 Å². The summed E-state index contributed by atoms with van der Waals surface area (Å²) in [6, 6.07) is 10.8. The van der Waals surface area contributed by atoms with Crippen molar-refractivity contribution in [3.8, 4) is 0 Å². The molecule has 1 aromatic heterocycles. The molecule has 144 valence electrons. The molecule has 0 aliphatic carbocycles.